The third kappa shape index (κ3) is 3.02. The van der Waals surface area contributed by atoms with E-state index in [0.29, 0.717) is 4.90 Å². The molecule has 0 fully saturated rings. The van der Waals surface area contributed by atoms with Gasteiger partial charge >= 0.3 is 0 Å². The molecule has 0 saturated heterocycles. The molecule has 1 rings (SSSR count). The van der Waals surface area contributed by atoms with Crippen LogP contribution < -0.4 is 0 Å². The lowest BCUT2D eigenvalue weighted by atomic mass is 10.4. The van der Waals surface area contributed by atoms with Gasteiger partial charge in [-0.25, -0.2) is 8.42 Å². The van der Waals surface area contributed by atoms with E-state index in [0.717, 1.165) is 0 Å². The molecule has 3 nitrogen and oxygen atoms in total. The molecule has 0 heterocycles. The zero-order valence-corrected chi connectivity index (χ0v) is 8.59. The van der Waals surface area contributed by atoms with Crippen LogP contribution in [0.3, 0.4) is 0 Å². The summed E-state index contributed by atoms with van der Waals surface area (Å²) >= 11 is 3.48. The van der Waals surface area contributed by atoms with Gasteiger partial charge in [-0.1, -0.05) is 18.2 Å². The zero-order valence-electron chi connectivity index (χ0n) is 6.88. The minimum absolute atomic E-state index is 0.0412. The predicted octanol–water partition coefficient (Wildman–Crippen LogP) is 1.32. The molecule has 0 saturated carbocycles. The van der Waals surface area contributed by atoms with E-state index in [9.17, 15) is 8.42 Å². The minimum atomic E-state index is -3.20. The van der Waals surface area contributed by atoms with E-state index in [1.54, 1.807) is 30.3 Å². The molecule has 0 spiro atoms. The van der Waals surface area contributed by atoms with Crippen LogP contribution in [0.1, 0.15) is 0 Å². The van der Waals surface area contributed by atoms with Gasteiger partial charge in [0, 0.05) is 0 Å². The van der Waals surface area contributed by atoms with Gasteiger partial charge in [0.2, 0.25) is 0 Å². The third-order valence-corrected chi connectivity index (χ3v) is 3.42. The van der Waals surface area contributed by atoms with Crippen molar-refractivity contribution in [3.8, 4) is 0 Å². The second-order valence-electron chi connectivity index (χ2n) is 2.47. The largest absolute Gasteiger partial charge is 0.317 e. The highest BCUT2D eigenvalue weighted by atomic mass is 32.2. The van der Waals surface area contributed by atoms with Crippen LogP contribution in [-0.2, 0) is 14.0 Å². The summed E-state index contributed by atoms with van der Waals surface area (Å²) in [6, 6.07) is 8.28. The molecule has 5 heteroatoms. The number of benzene rings is 1. The van der Waals surface area contributed by atoms with Gasteiger partial charge < -0.3 is 4.18 Å². The molecule has 72 valence electrons. The molecular formula is C8H10O3S2. The molecule has 0 radical (unpaired) electrons. The van der Waals surface area contributed by atoms with Crippen LogP contribution in [0.2, 0.25) is 0 Å². The third-order valence-electron chi connectivity index (χ3n) is 1.55. The Bertz CT molecular complexity index is 345. The minimum Gasteiger partial charge on any atom is -0.317 e. The van der Waals surface area contributed by atoms with E-state index >= 15 is 0 Å². The van der Waals surface area contributed by atoms with Crippen LogP contribution in [0.5, 0.6) is 0 Å². The molecule has 1 aromatic carbocycles. The van der Waals surface area contributed by atoms with Gasteiger partial charge in [-0.2, -0.15) is 0 Å². The predicted molar refractivity (Wildman–Crippen MR) is 53.4 cm³/mol. The van der Waals surface area contributed by atoms with Crippen LogP contribution in [-0.4, -0.2) is 20.8 Å². The van der Waals surface area contributed by atoms with E-state index in [1.807, 2.05) is 0 Å². The summed E-state index contributed by atoms with van der Waals surface area (Å²) in [5, 5.41) is 0. The molecule has 1 aromatic rings. The van der Waals surface area contributed by atoms with Crippen molar-refractivity contribution in [3.05, 3.63) is 30.3 Å². The Balaban J connectivity index is 2.83. The van der Waals surface area contributed by atoms with Gasteiger partial charge in [0.05, 0.1) is 17.3 Å². The number of hydrogen-bond donors (Lipinski definition) is 1. The van der Waals surface area contributed by atoms with E-state index < -0.39 is 9.84 Å². The summed E-state index contributed by atoms with van der Waals surface area (Å²) in [5.41, 5.74) is 0. The Hall–Kier alpha value is -0.520. The van der Waals surface area contributed by atoms with Crippen molar-refractivity contribution in [2.24, 2.45) is 0 Å². The SMILES string of the molecule is O=S(=O)(CCOS)c1ccccc1. The maximum Gasteiger partial charge on any atom is 0.180 e. The second-order valence-corrected chi connectivity index (χ2v) is 4.83. The maximum atomic E-state index is 11.5. The quantitative estimate of drug-likeness (QED) is 0.612. The molecule has 0 unspecified atom stereocenters. The first-order chi connectivity index (χ1) is 6.17. The maximum absolute atomic E-state index is 11.5. The highest BCUT2D eigenvalue weighted by molar-refractivity contribution is 7.91. The number of hydrogen-bond acceptors (Lipinski definition) is 4. The standard InChI is InChI=1S/C8H10O3S2/c9-13(10,7-6-11-12)8-4-2-1-3-5-8/h1-5,12H,6-7H2. The molecule has 0 aliphatic rings. The number of rotatable bonds is 4. The first-order valence-corrected chi connectivity index (χ1v) is 5.73. The average molecular weight is 218 g/mol. The lowest BCUT2D eigenvalue weighted by molar-refractivity contribution is 0.409. The second kappa shape index (κ2) is 4.64. The Kier molecular flexibility index (Phi) is 3.77. The fraction of sp³-hybridized carbons (Fsp3) is 0.250. The Morgan fingerprint density at radius 1 is 1.23 bits per heavy atom. The summed E-state index contributed by atoms with van der Waals surface area (Å²) in [4.78, 5) is 0.320. The van der Waals surface area contributed by atoms with Gasteiger partial charge in [0.1, 0.15) is 0 Å². The van der Waals surface area contributed by atoms with E-state index in [1.165, 1.54) is 0 Å². The van der Waals surface area contributed by atoms with Crippen molar-refractivity contribution in [2.45, 2.75) is 4.90 Å². The van der Waals surface area contributed by atoms with Crippen LogP contribution in [0.25, 0.3) is 0 Å². The van der Waals surface area contributed by atoms with Crippen molar-refractivity contribution < 1.29 is 12.6 Å². The van der Waals surface area contributed by atoms with E-state index in [-0.39, 0.29) is 12.4 Å². The lowest BCUT2D eigenvalue weighted by Crippen LogP contribution is -2.10. The molecule has 13 heavy (non-hydrogen) atoms. The van der Waals surface area contributed by atoms with Gasteiger partial charge in [-0.05, 0) is 25.0 Å². The molecular weight excluding hydrogens is 208 g/mol. The normalized spacial score (nSPS) is 11.5. The first-order valence-electron chi connectivity index (χ1n) is 3.71. The summed E-state index contributed by atoms with van der Waals surface area (Å²) in [5.74, 6) is -0.0412. The summed E-state index contributed by atoms with van der Waals surface area (Å²) in [7, 11) is -3.20. The van der Waals surface area contributed by atoms with Gasteiger partial charge in [-0.3, -0.25) is 0 Å². The fourth-order valence-corrected chi connectivity index (χ4v) is 2.22. The topological polar surface area (TPSA) is 43.4 Å². The molecule has 0 N–H and O–H groups in total. The molecule has 0 aliphatic carbocycles. The zero-order chi connectivity index (χ0) is 9.73. The van der Waals surface area contributed by atoms with Crippen molar-refractivity contribution in [1.82, 2.24) is 0 Å². The summed E-state index contributed by atoms with van der Waals surface area (Å²) in [6.07, 6.45) is 0. The van der Waals surface area contributed by atoms with Crippen LogP contribution in [0.4, 0.5) is 0 Å². The molecule has 0 bridgehead atoms. The highest BCUT2D eigenvalue weighted by Gasteiger charge is 2.12. The van der Waals surface area contributed by atoms with Crippen LogP contribution >= 0.6 is 12.9 Å². The molecule has 0 amide bonds. The summed E-state index contributed by atoms with van der Waals surface area (Å²) in [6.45, 7) is 0.0976. The van der Waals surface area contributed by atoms with Gasteiger partial charge in [-0.15, -0.1) is 0 Å². The van der Waals surface area contributed by atoms with Crippen molar-refractivity contribution in [3.63, 3.8) is 0 Å². The number of sulfone groups is 1. The number of thiol groups is 1. The van der Waals surface area contributed by atoms with E-state index in [2.05, 4.69) is 17.1 Å². The van der Waals surface area contributed by atoms with Crippen molar-refractivity contribution in [2.75, 3.05) is 12.4 Å². The Morgan fingerprint density at radius 2 is 1.85 bits per heavy atom. The van der Waals surface area contributed by atoms with Crippen molar-refractivity contribution >= 4 is 22.7 Å². The van der Waals surface area contributed by atoms with E-state index in [4.69, 9.17) is 0 Å². The van der Waals surface area contributed by atoms with Crippen LogP contribution in [0.15, 0.2) is 35.2 Å². The highest BCUT2D eigenvalue weighted by Crippen LogP contribution is 2.09. The monoisotopic (exact) mass is 218 g/mol. The molecule has 0 aromatic heterocycles. The fourth-order valence-electron chi connectivity index (χ4n) is 0.893. The van der Waals surface area contributed by atoms with Crippen LogP contribution in [0, 0.1) is 0 Å². The molecule has 0 aliphatic heterocycles. The molecule has 0 atom stereocenters. The Labute approximate surface area is 83.3 Å². The van der Waals surface area contributed by atoms with Gasteiger partial charge in [0.15, 0.2) is 9.84 Å². The summed E-state index contributed by atoms with van der Waals surface area (Å²) < 4.78 is 27.4. The van der Waals surface area contributed by atoms with Gasteiger partial charge in [0.25, 0.3) is 0 Å². The lowest BCUT2D eigenvalue weighted by Gasteiger charge is -2.01. The smallest absolute Gasteiger partial charge is 0.180 e. The Morgan fingerprint density at radius 3 is 2.38 bits per heavy atom. The average Bonchev–Trinajstić information content (AvgIpc) is 2.16. The first kappa shape index (κ1) is 10.6. The van der Waals surface area contributed by atoms with Crippen molar-refractivity contribution in [1.29, 1.82) is 0 Å².